The van der Waals surface area contributed by atoms with Crippen LogP contribution in [0.4, 0.5) is 5.69 Å². The number of aliphatic hydroxyl groups excluding tert-OH is 1. The Morgan fingerprint density at radius 3 is 2.52 bits per heavy atom. The number of aryl methyl sites for hydroxylation is 1. The van der Waals surface area contributed by atoms with E-state index >= 15 is 0 Å². The Labute approximate surface area is 172 Å². The molecule has 1 aromatic heterocycles. The van der Waals surface area contributed by atoms with Crippen molar-refractivity contribution < 1.29 is 9.90 Å². The van der Waals surface area contributed by atoms with E-state index in [9.17, 15) is 9.90 Å². The van der Waals surface area contributed by atoms with Gasteiger partial charge in [0.05, 0.1) is 12.6 Å². The third-order valence-electron chi connectivity index (χ3n) is 5.40. The fraction of sp³-hybridized carbons (Fsp3) is 0.435. The first-order valence-electron chi connectivity index (χ1n) is 10.5. The van der Waals surface area contributed by atoms with Crippen molar-refractivity contribution in [2.75, 3.05) is 38.0 Å². The minimum atomic E-state index is -0.487. The van der Waals surface area contributed by atoms with Gasteiger partial charge in [-0.05, 0) is 44.3 Å². The zero-order valence-corrected chi connectivity index (χ0v) is 17.6. The van der Waals surface area contributed by atoms with Gasteiger partial charge in [-0.1, -0.05) is 32.0 Å². The molecule has 0 aliphatic heterocycles. The molecule has 6 heteroatoms. The summed E-state index contributed by atoms with van der Waals surface area (Å²) in [7, 11) is 0. The highest BCUT2D eigenvalue weighted by molar-refractivity contribution is 6.09. The van der Waals surface area contributed by atoms with E-state index in [0.29, 0.717) is 13.1 Å². The van der Waals surface area contributed by atoms with Gasteiger partial charge in [0.15, 0.2) is 0 Å². The van der Waals surface area contributed by atoms with Gasteiger partial charge in [-0.15, -0.1) is 0 Å². The molecular weight excluding hydrogens is 364 g/mol. The predicted molar refractivity (Wildman–Crippen MR) is 120 cm³/mol. The highest BCUT2D eigenvalue weighted by Gasteiger charge is 2.12. The van der Waals surface area contributed by atoms with Crippen molar-refractivity contribution in [3.05, 3.63) is 42.5 Å². The summed E-state index contributed by atoms with van der Waals surface area (Å²) < 4.78 is 2.29. The average molecular weight is 397 g/mol. The number of amides is 1. The first-order chi connectivity index (χ1) is 14.1. The van der Waals surface area contributed by atoms with Crippen molar-refractivity contribution in [2.45, 2.75) is 33.4 Å². The monoisotopic (exact) mass is 396 g/mol. The summed E-state index contributed by atoms with van der Waals surface area (Å²) in [5, 5.41) is 18.4. The van der Waals surface area contributed by atoms with E-state index in [2.05, 4.69) is 65.1 Å². The number of benzene rings is 2. The number of para-hydroxylation sites is 1. The molecule has 0 spiro atoms. The van der Waals surface area contributed by atoms with Crippen LogP contribution >= 0.6 is 0 Å². The summed E-state index contributed by atoms with van der Waals surface area (Å²) in [5.74, 6) is -0.112. The molecular formula is C23H32N4O2. The van der Waals surface area contributed by atoms with E-state index in [-0.39, 0.29) is 12.5 Å². The average Bonchev–Trinajstić information content (AvgIpc) is 3.05. The number of rotatable bonds is 10. The standard InChI is InChI=1S/C23H32N4O2/c1-4-26(5-2)16-18(28)14-24-15-23(29)25-17-11-12-22-20(13-17)19-9-7-8-10-21(19)27(22)6-3/h7-13,18,24,28H,4-6,14-16H2,1-3H3,(H,25,29). The SMILES string of the molecule is CCN(CC)CC(O)CNCC(=O)Nc1ccc2c(c1)c1ccccc1n2CC. The lowest BCUT2D eigenvalue weighted by Crippen LogP contribution is -2.40. The molecule has 0 fully saturated rings. The normalized spacial score (nSPS) is 12.7. The third kappa shape index (κ3) is 4.96. The van der Waals surface area contributed by atoms with Crippen molar-refractivity contribution in [1.29, 1.82) is 0 Å². The molecule has 3 aromatic rings. The van der Waals surface area contributed by atoms with Crippen LogP contribution < -0.4 is 10.6 Å². The van der Waals surface area contributed by atoms with Crippen LogP contribution in [0.2, 0.25) is 0 Å². The number of nitrogens with zero attached hydrogens (tertiary/aromatic N) is 2. The lowest BCUT2D eigenvalue weighted by molar-refractivity contribution is -0.115. The fourth-order valence-corrected chi connectivity index (χ4v) is 3.87. The quantitative estimate of drug-likeness (QED) is 0.493. The number of nitrogens with one attached hydrogen (secondary N) is 2. The maximum absolute atomic E-state index is 12.3. The molecule has 3 rings (SSSR count). The molecule has 1 amide bonds. The first kappa shape index (κ1) is 21.3. The van der Waals surface area contributed by atoms with Crippen LogP contribution in [0.25, 0.3) is 21.8 Å². The van der Waals surface area contributed by atoms with Gasteiger partial charge in [0.1, 0.15) is 0 Å². The molecule has 3 N–H and O–H groups in total. The van der Waals surface area contributed by atoms with Gasteiger partial charge < -0.3 is 25.2 Å². The number of carbonyl (C=O) groups is 1. The summed E-state index contributed by atoms with van der Waals surface area (Å²) in [4.78, 5) is 14.5. The summed E-state index contributed by atoms with van der Waals surface area (Å²) >= 11 is 0. The summed E-state index contributed by atoms with van der Waals surface area (Å²) in [6, 6.07) is 14.4. The highest BCUT2D eigenvalue weighted by atomic mass is 16.3. The zero-order valence-electron chi connectivity index (χ0n) is 17.6. The lowest BCUT2D eigenvalue weighted by atomic mass is 10.1. The Hall–Kier alpha value is -2.41. The fourth-order valence-electron chi connectivity index (χ4n) is 3.87. The highest BCUT2D eigenvalue weighted by Crippen LogP contribution is 2.30. The Kier molecular flexibility index (Phi) is 7.25. The van der Waals surface area contributed by atoms with Crippen LogP contribution in [0.1, 0.15) is 20.8 Å². The predicted octanol–water partition coefficient (Wildman–Crippen LogP) is 3.05. The van der Waals surface area contributed by atoms with Gasteiger partial charge in [-0.3, -0.25) is 4.79 Å². The van der Waals surface area contributed by atoms with Crippen molar-refractivity contribution >= 4 is 33.4 Å². The second-order valence-corrected chi connectivity index (χ2v) is 7.31. The van der Waals surface area contributed by atoms with Gasteiger partial charge in [0.25, 0.3) is 0 Å². The first-order valence-corrected chi connectivity index (χ1v) is 10.5. The summed E-state index contributed by atoms with van der Waals surface area (Å²) in [6.07, 6.45) is -0.487. The number of fused-ring (bicyclic) bond motifs is 3. The molecule has 0 saturated heterocycles. The summed E-state index contributed by atoms with van der Waals surface area (Å²) in [6.45, 7) is 10.2. The number of likely N-dealkylation sites (N-methyl/N-ethyl adjacent to an activating group) is 1. The van der Waals surface area contributed by atoms with Gasteiger partial charge in [0.2, 0.25) is 5.91 Å². The number of carbonyl (C=O) groups excluding carboxylic acids is 1. The van der Waals surface area contributed by atoms with Gasteiger partial charge in [0, 0.05) is 47.1 Å². The van der Waals surface area contributed by atoms with E-state index in [1.807, 2.05) is 18.2 Å². The van der Waals surface area contributed by atoms with Crippen molar-refractivity contribution in [1.82, 2.24) is 14.8 Å². The van der Waals surface area contributed by atoms with E-state index in [1.165, 1.54) is 16.4 Å². The van der Waals surface area contributed by atoms with E-state index < -0.39 is 6.10 Å². The number of anilines is 1. The molecule has 0 saturated carbocycles. The van der Waals surface area contributed by atoms with Gasteiger partial charge >= 0.3 is 0 Å². The third-order valence-corrected chi connectivity index (χ3v) is 5.40. The van der Waals surface area contributed by atoms with Crippen molar-refractivity contribution in [3.8, 4) is 0 Å². The molecule has 156 valence electrons. The molecule has 0 aliphatic rings. The molecule has 29 heavy (non-hydrogen) atoms. The zero-order chi connectivity index (χ0) is 20.8. The van der Waals surface area contributed by atoms with Gasteiger partial charge in [-0.25, -0.2) is 0 Å². The maximum atomic E-state index is 12.3. The molecule has 1 heterocycles. The second-order valence-electron chi connectivity index (χ2n) is 7.31. The van der Waals surface area contributed by atoms with Crippen LogP contribution in [0, 0.1) is 0 Å². The molecule has 0 aliphatic carbocycles. The molecule has 0 bridgehead atoms. The van der Waals surface area contributed by atoms with Crippen LogP contribution in [0.5, 0.6) is 0 Å². The number of aromatic nitrogens is 1. The van der Waals surface area contributed by atoms with E-state index in [0.717, 1.165) is 30.7 Å². The minimum Gasteiger partial charge on any atom is -0.390 e. The topological polar surface area (TPSA) is 69.5 Å². The largest absolute Gasteiger partial charge is 0.390 e. The molecule has 6 nitrogen and oxygen atoms in total. The molecule has 2 aromatic carbocycles. The smallest absolute Gasteiger partial charge is 0.238 e. The van der Waals surface area contributed by atoms with Gasteiger partial charge in [-0.2, -0.15) is 0 Å². The molecule has 0 radical (unpaired) electrons. The Morgan fingerprint density at radius 1 is 1.07 bits per heavy atom. The van der Waals surface area contributed by atoms with E-state index in [4.69, 9.17) is 0 Å². The maximum Gasteiger partial charge on any atom is 0.238 e. The number of aliphatic hydroxyl groups is 1. The molecule has 1 unspecified atom stereocenters. The Bertz CT molecular complexity index is 962. The Balaban J connectivity index is 1.61. The minimum absolute atomic E-state index is 0.112. The van der Waals surface area contributed by atoms with Crippen molar-refractivity contribution in [2.24, 2.45) is 0 Å². The van der Waals surface area contributed by atoms with Crippen LogP contribution in [0.3, 0.4) is 0 Å². The van der Waals surface area contributed by atoms with Crippen LogP contribution in [-0.2, 0) is 11.3 Å². The number of hydrogen-bond acceptors (Lipinski definition) is 4. The van der Waals surface area contributed by atoms with Crippen LogP contribution in [-0.4, -0.2) is 59.3 Å². The molecule has 1 atom stereocenters. The second kappa shape index (κ2) is 9.87. The lowest BCUT2D eigenvalue weighted by Gasteiger charge is -2.21. The number of hydrogen-bond donors (Lipinski definition) is 3. The van der Waals surface area contributed by atoms with E-state index in [1.54, 1.807) is 0 Å². The van der Waals surface area contributed by atoms with Crippen LogP contribution in [0.15, 0.2) is 42.5 Å². The Morgan fingerprint density at radius 2 is 1.79 bits per heavy atom. The van der Waals surface area contributed by atoms with Crippen molar-refractivity contribution in [3.63, 3.8) is 0 Å². The summed E-state index contributed by atoms with van der Waals surface area (Å²) in [5.41, 5.74) is 3.16.